The quantitative estimate of drug-likeness (QED) is 0.291. The highest BCUT2D eigenvalue weighted by Crippen LogP contribution is 2.38. The normalized spacial score (nSPS) is 11.4. The van der Waals surface area contributed by atoms with E-state index >= 15 is 0 Å². The summed E-state index contributed by atoms with van der Waals surface area (Å²) in [6, 6.07) is 19.8. The van der Waals surface area contributed by atoms with Crippen LogP contribution in [-0.4, -0.2) is 30.0 Å². The maximum absolute atomic E-state index is 13.4. The van der Waals surface area contributed by atoms with Crippen LogP contribution in [0.15, 0.2) is 71.6 Å². The molecule has 1 atom stereocenters. The number of nitrogens with one attached hydrogen (secondary N) is 2. The number of hydrogen-bond donors (Lipinski definition) is 3. The number of anilines is 2. The Bertz CT molecular complexity index is 1220. The van der Waals surface area contributed by atoms with Crippen molar-refractivity contribution >= 4 is 52.5 Å². The minimum atomic E-state index is -1.03. The molecule has 35 heavy (non-hydrogen) atoms. The fourth-order valence-corrected chi connectivity index (χ4v) is 4.49. The number of thioether (sulfide) groups is 1. The van der Waals surface area contributed by atoms with Crippen molar-refractivity contribution in [2.24, 2.45) is 0 Å². The molecule has 0 heterocycles. The number of carbonyl (C=O) groups is 3. The number of carboxylic acids is 1. The highest BCUT2D eigenvalue weighted by Gasteiger charge is 2.24. The Balaban J connectivity index is 1.83. The van der Waals surface area contributed by atoms with E-state index < -0.39 is 17.1 Å². The number of carboxylic acid groups (broad SMARTS) is 1. The molecule has 3 aromatic rings. The number of hydrogen-bond acceptors (Lipinski definition) is 5. The lowest BCUT2D eigenvalue weighted by atomic mass is 10.1. The molecular formula is C26H25ClN2O5S. The minimum absolute atomic E-state index is 0.121. The van der Waals surface area contributed by atoms with Crippen LogP contribution >= 0.6 is 23.4 Å². The second-order valence-corrected chi connectivity index (χ2v) is 9.25. The number of halogens is 1. The van der Waals surface area contributed by atoms with Gasteiger partial charge in [0.05, 0.1) is 19.2 Å². The van der Waals surface area contributed by atoms with E-state index in [2.05, 4.69) is 10.6 Å². The molecule has 182 valence electrons. The second kappa shape index (κ2) is 12.3. The molecule has 0 fully saturated rings. The van der Waals surface area contributed by atoms with Crippen LogP contribution in [0.2, 0.25) is 5.02 Å². The zero-order valence-corrected chi connectivity index (χ0v) is 20.8. The monoisotopic (exact) mass is 512 g/mol. The van der Waals surface area contributed by atoms with Gasteiger partial charge in [0.2, 0.25) is 11.8 Å². The van der Waals surface area contributed by atoms with Crippen LogP contribution in [0.3, 0.4) is 0 Å². The van der Waals surface area contributed by atoms with E-state index in [4.69, 9.17) is 21.4 Å². The number of rotatable bonds is 10. The van der Waals surface area contributed by atoms with E-state index in [1.807, 2.05) is 43.3 Å². The highest BCUT2D eigenvalue weighted by atomic mass is 35.5. The molecule has 3 aromatic carbocycles. The summed E-state index contributed by atoms with van der Waals surface area (Å²) in [6.45, 7) is 1.84. The van der Waals surface area contributed by atoms with Gasteiger partial charge in [-0.1, -0.05) is 48.0 Å². The van der Waals surface area contributed by atoms with E-state index in [1.54, 1.807) is 30.3 Å². The summed E-state index contributed by atoms with van der Waals surface area (Å²) < 4.78 is 5.39. The molecule has 7 nitrogen and oxygen atoms in total. The molecule has 3 rings (SSSR count). The lowest BCUT2D eigenvalue weighted by Crippen LogP contribution is -2.19. The summed E-state index contributed by atoms with van der Waals surface area (Å²) in [7, 11) is 1.51. The molecule has 2 amide bonds. The van der Waals surface area contributed by atoms with E-state index in [9.17, 15) is 14.4 Å². The number of benzene rings is 3. The predicted molar refractivity (Wildman–Crippen MR) is 138 cm³/mol. The van der Waals surface area contributed by atoms with Crippen LogP contribution in [0.5, 0.6) is 5.75 Å². The number of aryl methyl sites for hydroxylation is 1. The van der Waals surface area contributed by atoms with Crippen molar-refractivity contribution in [2.75, 3.05) is 17.7 Å². The van der Waals surface area contributed by atoms with Gasteiger partial charge in [0.1, 0.15) is 11.0 Å². The summed E-state index contributed by atoms with van der Waals surface area (Å²) in [4.78, 5) is 36.9. The number of ether oxygens (including phenoxy) is 1. The molecule has 0 saturated heterocycles. The Kier molecular flexibility index (Phi) is 9.17. The smallest absolute Gasteiger partial charge is 0.303 e. The molecule has 0 aliphatic carbocycles. The maximum Gasteiger partial charge on any atom is 0.303 e. The Labute approximate surface area is 212 Å². The highest BCUT2D eigenvalue weighted by molar-refractivity contribution is 8.00. The van der Waals surface area contributed by atoms with Gasteiger partial charge in [0, 0.05) is 28.1 Å². The SMILES string of the molecule is COc1cc(Cl)c(C)cc1NC(=O)C(Sc1cccc(NC(=O)CCC(=O)O)c1)c1ccccc1. The van der Waals surface area contributed by atoms with Gasteiger partial charge < -0.3 is 20.5 Å². The molecule has 0 bridgehead atoms. The van der Waals surface area contributed by atoms with Crippen LogP contribution in [0.4, 0.5) is 11.4 Å². The van der Waals surface area contributed by atoms with Gasteiger partial charge >= 0.3 is 5.97 Å². The third-order valence-corrected chi connectivity index (χ3v) is 6.67. The summed E-state index contributed by atoms with van der Waals surface area (Å²) in [6.07, 6.45) is -0.367. The molecule has 9 heteroatoms. The average Bonchev–Trinajstić information content (AvgIpc) is 2.84. The van der Waals surface area contributed by atoms with Crippen molar-refractivity contribution in [1.82, 2.24) is 0 Å². The first kappa shape index (κ1) is 26.1. The first-order chi connectivity index (χ1) is 16.8. The third kappa shape index (κ3) is 7.50. The maximum atomic E-state index is 13.4. The van der Waals surface area contributed by atoms with Gasteiger partial charge in [-0.05, 0) is 42.3 Å². The predicted octanol–water partition coefficient (Wildman–Crippen LogP) is 5.93. The Morgan fingerprint density at radius 1 is 1.00 bits per heavy atom. The number of methoxy groups -OCH3 is 1. The van der Waals surface area contributed by atoms with Crippen LogP contribution in [0.25, 0.3) is 0 Å². The lowest BCUT2D eigenvalue weighted by molar-refractivity contribution is -0.138. The standard InChI is InChI=1S/C26H25ClN2O5S/c1-16-13-21(22(34-2)15-20(16)27)29-26(33)25(17-7-4-3-5-8-17)35-19-10-6-9-18(14-19)28-23(30)11-12-24(31)32/h3-10,13-15,25H,11-12H2,1-2H3,(H,28,30)(H,29,33)(H,31,32). The second-order valence-electron chi connectivity index (χ2n) is 7.67. The van der Waals surface area contributed by atoms with E-state index in [0.29, 0.717) is 22.1 Å². The van der Waals surface area contributed by atoms with Crippen molar-refractivity contribution < 1.29 is 24.2 Å². The van der Waals surface area contributed by atoms with Crippen LogP contribution in [0.1, 0.15) is 29.2 Å². The van der Waals surface area contributed by atoms with Gasteiger partial charge in [0.15, 0.2) is 0 Å². The Morgan fingerprint density at radius 3 is 2.43 bits per heavy atom. The van der Waals surface area contributed by atoms with E-state index in [0.717, 1.165) is 16.0 Å². The molecule has 0 aliphatic heterocycles. The van der Waals surface area contributed by atoms with Crippen molar-refractivity contribution in [2.45, 2.75) is 29.9 Å². The van der Waals surface area contributed by atoms with E-state index in [1.165, 1.54) is 18.9 Å². The molecular weight excluding hydrogens is 488 g/mol. The van der Waals surface area contributed by atoms with Crippen molar-refractivity contribution in [3.63, 3.8) is 0 Å². The number of aliphatic carboxylic acids is 1. The fraction of sp³-hybridized carbons (Fsp3) is 0.192. The summed E-state index contributed by atoms with van der Waals surface area (Å²) in [5, 5.41) is 14.4. The van der Waals surface area contributed by atoms with Gasteiger partial charge in [-0.15, -0.1) is 11.8 Å². The molecule has 3 N–H and O–H groups in total. The average molecular weight is 513 g/mol. The summed E-state index contributed by atoms with van der Waals surface area (Å²) in [5.41, 5.74) is 2.64. The van der Waals surface area contributed by atoms with E-state index in [-0.39, 0.29) is 18.7 Å². The fourth-order valence-electron chi connectivity index (χ4n) is 3.26. The Hall–Kier alpha value is -3.49. The molecule has 0 saturated carbocycles. The van der Waals surface area contributed by atoms with Gasteiger partial charge in [-0.25, -0.2) is 0 Å². The van der Waals surface area contributed by atoms with Crippen LogP contribution in [0, 0.1) is 6.92 Å². The minimum Gasteiger partial charge on any atom is -0.495 e. The lowest BCUT2D eigenvalue weighted by Gasteiger charge is -2.19. The summed E-state index contributed by atoms with van der Waals surface area (Å²) >= 11 is 7.52. The molecule has 0 aliphatic rings. The largest absolute Gasteiger partial charge is 0.495 e. The summed E-state index contributed by atoms with van der Waals surface area (Å²) in [5.74, 6) is -1.22. The topological polar surface area (TPSA) is 105 Å². The number of amides is 2. The molecule has 0 aromatic heterocycles. The zero-order valence-electron chi connectivity index (χ0n) is 19.2. The van der Waals surface area contributed by atoms with Gasteiger partial charge in [-0.2, -0.15) is 0 Å². The van der Waals surface area contributed by atoms with Crippen LogP contribution in [-0.2, 0) is 14.4 Å². The van der Waals surface area contributed by atoms with Gasteiger partial charge in [-0.3, -0.25) is 14.4 Å². The van der Waals surface area contributed by atoms with Crippen molar-refractivity contribution in [3.8, 4) is 5.75 Å². The van der Waals surface area contributed by atoms with Crippen molar-refractivity contribution in [1.29, 1.82) is 0 Å². The van der Waals surface area contributed by atoms with Crippen molar-refractivity contribution in [3.05, 3.63) is 82.9 Å². The first-order valence-corrected chi connectivity index (χ1v) is 12.0. The molecule has 0 radical (unpaired) electrons. The zero-order chi connectivity index (χ0) is 25.4. The number of carbonyl (C=O) groups excluding carboxylic acids is 2. The first-order valence-electron chi connectivity index (χ1n) is 10.7. The molecule has 0 spiro atoms. The Morgan fingerprint density at radius 2 is 1.74 bits per heavy atom. The van der Waals surface area contributed by atoms with Gasteiger partial charge in [0.25, 0.3) is 0 Å². The molecule has 1 unspecified atom stereocenters. The van der Waals surface area contributed by atoms with Crippen LogP contribution < -0.4 is 15.4 Å². The third-order valence-electron chi connectivity index (χ3n) is 5.02.